The number of halogens is 2. The van der Waals surface area contributed by atoms with Crippen molar-refractivity contribution >= 4 is 40.1 Å². The van der Waals surface area contributed by atoms with Crippen molar-refractivity contribution < 1.29 is 0 Å². The van der Waals surface area contributed by atoms with E-state index < -0.39 is 0 Å². The molecule has 0 unspecified atom stereocenters. The number of rotatable bonds is 5. The maximum Gasteiger partial charge on any atom is 0.222 e. The highest BCUT2D eigenvalue weighted by Crippen LogP contribution is 2.20. The molecule has 1 aromatic heterocycles. The minimum absolute atomic E-state index is 0.175. The molecule has 15 heavy (non-hydrogen) atoms. The molecule has 0 aliphatic heterocycles. The summed E-state index contributed by atoms with van der Waals surface area (Å²) in [4.78, 5) is 8.36. The summed E-state index contributed by atoms with van der Waals surface area (Å²) >= 11 is 7.91. The van der Waals surface area contributed by atoms with Crippen LogP contribution in [0.5, 0.6) is 0 Å². The number of nitrogens with one attached hydrogen (secondary N) is 1. The second kappa shape index (κ2) is 5.84. The van der Waals surface area contributed by atoms with E-state index in [-0.39, 0.29) is 5.41 Å². The van der Waals surface area contributed by atoms with E-state index in [9.17, 15) is 0 Å². The highest BCUT2D eigenvalue weighted by molar-refractivity contribution is 14.1. The van der Waals surface area contributed by atoms with Crippen molar-refractivity contribution in [1.29, 1.82) is 0 Å². The van der Waals surface area contributed by atoms with Crippen LogP contribution >= 0.6 is 34.2 Å². The molecule has 1 heterocycles. The SMILES string of the molecule is CC(C)(CCCl)CNc1ncc(I)cn1. The average Bonchev–Trinajstić information content (AvgIpc) is 2.17. The molecule has 0 atom stereocenters. The summed E-state index contributed by atoms with van der Waals surface area (Å²) in [5.41, 5.74) is 0.175. The van der Waals surface area contributed by atoms with Crippen LogP contribution in [0.1, 0.15) is 20.3 Å². The van der Waals surface area contributed by atoms with E-state index in [4.69, 9.17) is 11.6 Å². The fourth-order valence-electron chi connectivity index (χ4n) is 1.07. The van der Waals surface area contributed by atoms with E-state index in [1.165, 1.54) is 0 Å². The lowest BCUT2D eigenvalue weighted by atomic mass is 9.90. The number of aromatic nitrogens is 2. The third kappa shape index (κ3) is 4.97. The van der Waals surface area contributed by atoms with Gasteiger partial charge in [-0.1, -0.05) is 13.8 Å². The normalized spacial score (nSPS) is 11.5. The second-order valence-electron chi connectivity index (χ2n) is 4.18. The van der Waals surface area contributed by atoms with Gasteiger partial charge in [0.1, 0.15) is 0 Å². The predicted molar refractivity (Wildman–Crippen MR) is 72.4 cm³/mol. The van der Waals surface area contributed by atoms with E-state index in [1.54, 1.807) is 12.4 Å². The summed E-state index contributed by atoms with van der Waals surface area (Å²) in [6.07, 6.45) is 4.57. The monoisotopic (exact) mass is 339 g/mol. The maximum atomic E-state index is 5.73. The fraction of sp³-hybridized carbons (Fsp3) is 0.600. The lowest BCUT2D eigenvalue weighted by Gasteiger charge is -2.23. The lowest BCUT2D eigenvalue weighted by molar-refractivity contribution is 0.378. The van der Waals surface area contributed by atoms with Gasteiger partial charge in [0, 0.05) is 28.4 Å². The first-order valence-corrected chi connectivity index (χ1v) is 6.42. The predicted octanol–water partition coefficient (Wildman–Crippen LogP) is 3.15. The zero-order valence-corrected chi connectivity index (χ0v) is 11.8. The molecule has 1 N–H and O–H groups in total. The van der Waals surface area contributed by atoms with Gasteiger partial charge < -0.3 is 5.32 Å². The Kier molecular flexibility index (Phi) is 5.05. The lowest BCUT2D eigenvalue weighted by Crippen LogP contribution is -2.24. The molecule has 0 aliphatic carbocycles. The highest BCUT2D eigenvalue weighted by Gasteiger charge is 2.16. The molecular weight excluding hydrogens is 324 g/mol. The van der Waals surface area contributed by atoms with Crippen LogP contribution in [0.4, 0.5) is 5.95 Å². The van der Waals surface area contributed by atoms with Crippen LogP contribution < -0.4 is 5.32 Å². The fourth-order valence-corrected chi connectivity index (χ4v) is 1.86. The van der Waals surface area contributed by atoms with Crippen molar-refractivity contribution in [2.75, 3.05) is 17.7 Å². The molecule has 0 bridgehead atoms. The molecule has 0 aliphatic rings. The van der Waals surface area contributed by atoms with Crippen LogP contribution in [0.25, 0.3) is 0 Å². The molecule has 0 saturated carbocycles. The Bertz CT molecular complexity index is 300. The van der Waals surface area contributed by atoms with E-state index in [2.05, 4.69) is 51.7 Å². The quantitative estimate of drug-likeness (QED) is 0.661. The summed E-state index contributed by atoms with van der Waals surface area (Å²) in [6, 6.07) is 0. The summed E-state index contributed by atoms with van der Waals surface area (Å²) < 4.78 is 1.04. The van der Waals surface area contributed by atoms with Gasteiger partial charge in [-0.3, -0.25) is 0 Å². The molecule has 1 aromatic rings. The van der Waals surface area contributed by atoms with E-state index in [1.807, 2.05) is 0 Å². The van der Waals surface area contributed by atoms with Crippen LogP contribution in [-0.2, 0) is 0 Å². The van der Waals surface area contributed by atoms with Crippen LogP contribution in [0.15, 0.2) is 12.4 Å². The number of hydrogen-bond acceptors (Lipinski definition) is 3. The Morgan fingerprint density at radius 2 is 2.00 bits per heavy atom. The first-order valence-electron chi connectivity index (χ1n) is 4.81. The van der Waals surface area contributed by atoms with Gasteiger partial charge in [0.2, 0.25) is 5.95 Å². The first kappa shape index (κ1) is 13.0. The standard InChI is InChI=1S/C10H15ClIN3/c1-10(2,3-4-11)7-15-9-13-5-8(12)6-14-9/h5-6H,3-4,7H2,1-2H3,(H,13,14,15). The highest BCUT2D eigenvalue weighted by atomic mass is 127. The van der Waals surface area contributed by atoms with Gasteiger partial charge in [-0.2, -0.15) is 0 Å². The Hall–Kier alpha value is -0.100. The number of hydrogen-bond donors (Lipinski definition) is 1. The van der Waals surface area contributed by atoms with Crippen LogP contribution in [-0.4, -0.2) is 22.4 Å². The molecule has 1 rings (SSSR count). The maximum absolute atomic E-state index is 5.73. The Labute approximate surface area is 109 Å². The molecular formula is C10H15ClIN3. The van der Waals surface area contributed by atoms with Gasteiger partial charge in [0.05, 0.1) is 0 Å². The van der Waals surface area contributed by atoms with Crippen LogP contribution in [0.2, 0.25) is 0 Å². The van der Waals surface area contributed by atoms with Crippen molar-refractivity contribution in [3.63, 3.8) is 0 Å². The zero-order chi connectivity index (χ0) is 11.3. The summed E-state index contributed by atoms with van der Waals surface area (Å²) in [7, 11) is 0. The summed E-state index contributed by atoms with van der Waals surface area (Å²) in [5, 5.41) is 3.21. The molecule has 0 fully saturated rings. The molecule has 0 radical (unpaired) electrons. The van der Waals surface area contributed by atoms with Gasteiger partial charge >= 0.3 is 0 Å². The molecule has 84 valence electrons. The molecule has 0 aromatic carbocycles. The number of nitrogens with zero attached hydrogens (tertiary/aromatic N) is 2. The van der Waals surface area contributed by atoms with E-state index >= 15 is 0 Å². The minimum atomic E-state index is 0.175. The topological polar surface area (TPSA) is 37.8 Å². The Morgan fingerprint density at radius 1 is 1.40 bits per heavy atom. The van der Waals surface area contributed by atoms with Crippen molar-refractivity contribution in [2.45, 2.75) is 20.3 Å². The average molecular weight is 340 g/mol. The van der Waals surface area contributed by atoms with Crippen LogP contribution in [0, 0.1) is 8.99 Å². The van der Waals surface area contributed by atoms with Gasteiger partial charge in [0.15, 0.2) is 0 Å². The molecule has 5 heteroatoms. The number of anilines is 1. The third-order valence-corrected chi connectivity index (χ3v) is 2.86. The van der Waals surface area contributed by atoms with Gasteiger partial charge in [-0.25, -0.2) is 9.97 Å². The molecule has 0 saturated heterocycles. The largest absolute Gasteiger partial charge is 0.354 e. The minimum Gasteiger partial charge on any atom is -0.354 e. The van der Waals surface area contributed by atoms with Crippen molar-refractivity contribution in [3.05, 3.63) is 16.0 Å². The van der Waals surface area contributed by atoms with Gasteiger partial charge in [-0.15, -0.1) is 11.6 Å². The summed E-state index contributed by atoms with van der Waals surface area (Å²) in [6.45, 7) is 5.18. The molecule has 0 spiro atoms. The summed E-state index contributed by atoms with van der Waals surface area (Å²) in [5.74, 6) is 1.36. The number of alkyl halides is 1. The van der Waals surface area contributed by atoms with Gasteiger partial charge in [0.25, 0.3) is 0 Å². The van der Waals surface area contributed by atoms with Gasteiger partial charge in [-0.05, 0) is 34.4 Å². The van der Waals surface area contributed by atoms with E-state index in [0.29, 0.717) is 11.8 Å². The second-order valence-corrected chi connectivity index (χ2v) is 5.81. The van der Waals surface area contributed by atoms with Crippen molar-refractivity contribution in [2.24, 2.45) is 5.41 Å². The first-order chi connectivity index (χ1) is 7.03. The van der Waals surface area contributed by atoms with E-state index in [0.717, 1.165) is 16.5 Å². The van der Waals surface area contributed by atoms with Crippen molar-refractivity contribution in [1.82, 2.24) is 9.97 Å². The Morgan fingerprint density at radius 3 is 2.53 bits per heavy atom. The van der Waals surface area contributed by atoms with Crippen molar-refractivity contribution in [3.8, 4) is 0 Å². The zero-order valence-electron chi connectivity index (χ0n) is 8.93. The van der Waals surface area contributed by atoms with Crippen LogP contribution in [0.3, 0.4) is 0 Å². The Balaban J connectivity index is 2.46. The smallest absolute Gasteiger partial charge is 0.222 e. The molecule has 3 nitrogen and oxygen atoms in total. The third-order valence-electron chi connectivity index (χ3n) is 2.12. The molecule has 0 amide bonds.